The molecule has 0 amide bonds. The van der Waals surface area contributed by atoms with Gasteiger partial charge in [0.15, 0.2) is 23.6 Å². The number of aromatic hydroxyl groups is 1. The van der Waals surface area contributed by atoms with E-state index in [9.17, 15) is 9.90 Å². The number of hydrogen-bond donors (Lipinski definition) is 1. The summed E-state index contributed by atoms with van der Waals surface area (Å²) in [7, 11) is 2.72. The summed E-state index contributed by atoms with van der Waals surface area (Å²) in [6.45, 7) is 0.763. The van der Waals surface area contributed by atoms with Crippen LogP contribution in [0.15, 0.2) is 41.1 Å². The molecule has 4 aromatic rings. The second kappa shape index (κ2) is 9.72. The summed E-state index contributed by atoms with van der Waals surface area (Å²) in [5, 5.41) is 22.9. The Hall–Kier alpha value is -3.96. The van der Waals surface area contributed by atoms with Crippen molar-refractivity contribution in [2.75, 3.05) is 27.6 Å². The summed E-state index contributed by atoms with van der Waals surface area (Å²) in [6.07, 6.45) is 6.81. The number of nitrogens with zero attached hydrogens (tertiary/aromatic N) is 4. The average Bonchev–Trinajstić information content (AvgIpc) is 3.52. The van der Waals surface area contributed by atoms with Crippen LogP contribution in [0, 0.1) is 0 Å². The van der Waals surface area contributed by atoms with E-state index in [0.29, 0.717) is 17.0 Å². The van der Waals surface area contributed by atoms with E-state index in [4.69, 9.17) is 18.6 Å². The summed E-state index contributed by atoms with van der Waals surface area (Å²) >= 11 is 0. The fourth-order valence-corrected chi connectivity index (χ4v) is 3.98. The highest BCUT2D eigenvalue weighted by molar-refractivity contribution is 5.97. The Kier molecular flexibility index (Phi) is 6.34. The summed E-state index contributed by atoms with van der Waals surface area (Å²) in [5.74, 6) is -1.06. The first-order chi connectivity index (χ1) is 17.1. The molecule has 1 fully saturated rings. The Morgan fingerprint density at radius 3 is 2.86 bits per heavy atom. The van der Waals surface area contributed by atoms with Crippen LogP contribution in [0.2, 0.25) is 0 Å². The van der Waals surface area contributed by atoms with Crippen molar-refractivity contribution >= 4 is 17.1 Å². The third kappa shape index (κ3) is 4.43. The first-order valence-electron chi connectivity index (χ1n) is 11.1. The molecule has 4 heterocycles. The van der Waals surface area contributed by atoms with E-state index >= 15 is 0 Å². The Balaban J connectivity index is 1.50. The number of methoxy groups -OCH3 is 2. The minimum atomic E-state index is -0.810. The van der Waals surface area contributed by atoms with Gasteiger partial charge in [-0.25, -0.2) is 9.48 Å². The standard InChI is InChI=1S/C24H24N4O7/c1-31-13-34-18-9-14(15-11-25-28(12-15)20-5-3-4-8-33-20)6-7-16(18)17-10-19-21(27-26-17)22(29)23(35-19)24(30)32-2/h6-7,9-12,20,29H,3-5,8,13H2,1-2H3. The number of ether oxygens (including phenoxy) is 4. The molecule has 0 radical (unpaired) electrons. The highest BCUT2D eigenvalue weighted by Crippen LogP contribution is 2.37. The minimum Gasteiger partial charge on any atom is -0.502 e. The lowest BCUT2D eigenvalue weighted by molar-refractivity contribution is -0.0394. The number of carbonyl (C=O) groups excluding carboxylic acids is 1. The molecule has 11 nitrogen and oxygen atoms in total. The fraction of sp³-hybridized carbons (Fsp3) is 0.333. The number of fused-ring (bicyclic) bond motifs is 1. The maximum absolute atomic E-state index is 11.8. The second-order valence-electron chi connectivity index (χ2n) is 8.01. The molecular weight excluding hydrogens is 456 g/mol. The summed E-state index contributed by atoms with van der Waals surface area (Å²) in [4.78, 5) is 11.8. The van der Waals surface area contributed by atoms with E-state index < -0.39 is 11.7 Å². The quantitative estimate of drug-likeness (QED) is 0.307. The van der Waals surface area contributed by atoms with E-state index in [1.54, 1.807) is 12.3 Å². The normalized spacial score (nSPS) is 15.9. The van der Waals surface area contributed by atoms with E-state index in [1.165, 1.54) is 14.2 Å². The van der Waals surface area contributed by atoms with Crippen molar-refractivity contribution in [3.05, 3.63) is 42.4 Å². The average molecular weight is 480 g/mol. The Labute approximate surface area is 200 Å². The number of hydrogen-bond acceptors (Lipinski definition) is 10. The molecule has 1 unspecified atom stereocenters. The summed E-state index contributed by atoms with van der Waals surface area (Å²) < 4.78 is 28.7. The first kappa shape index (κ1) is 22.8. The lowest BCUT2D eigenvalue weighted by atomic mass is 10.0. The van der Waals surface area contributed by atoms with Crippen LogP contribution in [0.1, 0.15) is 36.0 Å². The van der Waals surface area contributed by atoms with Crippen LogP contribution in [0.25, 0.3) is 33.5 Å². The van der Waals surface area contributed by atoms with Gasteiger partial charge in [-0.05, 0) is 37.0 Å². The molecule has 1 aromatic carbocycles. The molecule has 1 aliphatic rings. The number of esters is 1. The van der Waals surface area contributed by atoms with E-state index in [2.05, 4.69) is 20.0 Å². The van der Waals surface area contributed by atoms with E-state index in [-0.39, 0.29) is 29.9 Å². The maximum atomic E-state index is 11.8. The largest absolute Gasteiger partial charge is 0.502 e. The van der Waals surface area contributed by atoms with E-state index in [1.807, 2.05) is 29.1 Å². The molecule has 1 atom stereocenters. The van der Waals surface area contributed by atoms with Crippen LogP contribution in [0.4, 0.5) is 0 Å². The van der Waals surface area contributed by atoms with Crippen molar-refractivity contribution in [1.29, 1.82) is 0 Å². The third-order valence-electron chi connectivity index (χ3n) is 5.76. The summed E-state index contributed by atoms with van der Waals surface area (Å²) in [6, 6.07) is 7.20. The highest BCUT2D eigenvalue weighted by Gasteiger charge is 2.24. The smallest absolute Gasteiger partial charge is 0.378 e. The molecule has 11 heteroatoms. The van der Waals surface area contributed by atoms with Gasteiger partial charge < -0.3 is 28.5 Å². The van der Waals surface area contributed by atoms with Crippen molar-refractivity contribution in [3.8, 4) is 33.9 Å². The molecule has 0 bridgehead atoms. The third-order valence-corrected chi connectivity index (χ3v) is 5.76. The van der Waals surface area contributed by atoms with Crippen LogP contribution in [0.5, 0.6) is 11.5 Å². The van der Waals surface area contributed by atoms with Crippen molar-refractivity contribution in [1.82, 2.24) is 20.0 Å². The summed E-state index contributed by atoms with van der Waals surface area (Å²) in [5.41, 5.74) is 3.09. The van der Waals surface area contributed by atoms with Crippen LogP contribution in [-0.4, -0.2) is 58.7 Å². The zero-order valence-electron chi connectivity index (χ0n) is 19.3. The fourth-order valence-electron chi connectivity index (χ4n) is 3.98. The number of rotatable bonds is 7. The van der Waals surface area contributed by atoms with Crippen LogP contribution < -0.4 is 4.74 Å². The van der Waals surface area contributed by atoms with Gasteiger partial charge in [-0.1, -0.05) is 6.07 Å². The van der Waals surface area contributed by atoms with Gasteiger partial charge in [0.2, 0.25) is 0 Å². The van der Waals surface area contributed by atoms with Gasteiger partial charge >= 0.3 is 5.97 Å². The predicted molar refractivity (Wildman–Crippen MR) is 123 cm³/mol. The lowest BCUT2D eigenvalue weighted by Crippen LogP contribution is -2.18. The van der Waals surface area contributed by atoms with Gasteiger partial charge in [-0.15, -0.1) is 10.2 Å². The first-order valence-corrected chi connectivity index (χ1v) is 11.1. The zero-order chi connectivity index (χ0) is 24.4. The molecule has 5 rings (SSSR count). The topological polar surface area (TPSA) is 131 Å². The minimum absolute atomic E-state index is 0.0231. The maximum Gasteiger partial charge on any atom is 0.378 e. The number of benzene rings is 1. The van der Waals surface area contributed by atoms with Gasteiger partial charge in [0.05, 0.1) is 13.3 Å². The van der Waals surface area contributed by atoms with Gasteiger partial charge in [0.25, 0.3) is 5.76 Å². The predicted octanol–water partition coefficient (Wildman–Crippen LogP) is 3.93. The Morgan fingerprint density at radius 2 is 2.09 bits per heavy atom. The van der Waals surface area contributed by atoms with E-state index in [0.717, 1.165) is 37.0 Å². The van der Waals surface area contributed by atoms with Crippen molar-refractivity contribution in [2.45, 2.75) is 25.5 Å². The second-order valence-corrected chi connectivity index (χ2v) is 8.01. The molecule has 35 heavy (non-hydrogen) atoms. The molecule has 1 saturated heterocycles. The molecule has 0 spiro atoms. The molecule has 0 aliphatic carbocycles. The monoisotopic (exact) mass is 480 g/mol. The van der Waals surface area contributed by atoms with Crippen molar-refractivity contribution < 1.29 is 33.3 Å². The lowest BCUT2D eigenvalue weighted by Gasteiger charge is -2.22. The molecular formula is C24H24N4O7. The van der Waals surface area contributed by atoms with Gasteiger partial charge in [-0.2, -0.15) is 5.10 Å². The molecule has 0 saturated carbocycles. The van der Waals surface area contributed by atoms with Gasteiger partial charge in [0, 0.05) is 37.1 Å². The van der Waals surface area contributed by atoms with Crippen molar-refractivity contribution in [3.63, 3.8) is 0 Å². The van der Waals surface area contributed by atoms with Crippen LogP contribution in [-0.2, 0) is 14.2 Å². The Bertz CT molecular complexity index is 1360. The highest BCUT2D eigenvalue weighted by atomic mass is 16.7. The van der Waals surface area contributed by atoms with Gasteiger partial charge in [0.1, 0.15) is 17.7 Å². The number of aromatic nitrogens is 4. The molecule has 1 N–H and O–H groups in total. The molecule has 3 aromatic heterocycles. The zero-order valence-corrected chi connectivity index (χ0v) is 19.3. The van der Waals surface area contributed by atoms with Crippen molar-refractivity contribution in [2.24, 2.45) is 0 Å². The molecule has 1 aliphatic heterocycles. The Morgan fingerprint density at radius 1 is 1.20 bits per heavy atom. The van der Waals surface area contributed by atoms with Crippen LogP contribution >= 0.6 is 0 Å². The SMILES string of the molecule is COCOc1cc(-c2cnn(C3CCCCO3)c2)ccc1-c1cc2oc(C(=O)OC)c(O)c2nn1. The van der Waals surface area contributed by atoms with Gasteiger partial charge in [-0.3, -0.25) is 0 Å². The van der Waals surface area contributed by atoms with Crippen LogP contribution in [0.3, 0.4) is 0 Å². The number of carbonyl (C=O) groups is 1. The number of furan rings is 1. The molecule has 182 valence electrons.